The van der Waals surface area contributed by atoms with E-state index in [2.05, 4.69) is 31.3 Å². The van der Waals surface area contributed by atoms with Crippen molar-refractivity contribution in [3.8, 4) is 9.88 Å². The molecule has 0 spiro atoms. The summed E-state index contributed by atoms with van der Waals surface area (Å²) < 4.78 is 1.56. The Morgan fingerprint density at radius 2 is 2.10 bits per heavy atom. The van der Waals surface area contributed by atoms with Crippen LogP contribution in [0.25, 0.3) is 9.88 Å². The number of quaternary nitrogens is 1. The van der Waals surface area contributed by atoms with Gasteiger partial charge in [0, 0.05) is 0 Å². The molecule has 0 aromatic carbocycles. The van der Waals surface area contributed by atoms with Gasteiger partial charge in [0.15, 0.2) is 8.96 Å². The Morgan fingerprint density at radius 1 is 1.45 bits per heavy atom. The van der Waals surface area contributed by atoms with E-state index in [1.807, 2.05) is 24.4 Å². The third-order valence-corrected chi connectivity index (χ3v) is 4.11. The van der Waals surface area contributed by atoms with E-state index in [-0.39, 0.29) is 18.5 Å². The first-order chi connectivity index (χ1) is 8.78. The summed E-state index contributed by atoms with van der Waals surface area (Å²) in [6.07, 6.45) is -0.185. The molecule has 0 fully saturated rings. The highest BCUT2D eigenvalue weighted by Crippen LogP contribution is 2.25. The minimum absolute atomic E-state index is 0. The normalized spacial score (nSPS) is 12.1. The number of nitrogens with one attached hydrogen (secondary N) is 1. The summed E-state index contributed by atoms with van der Waals surface area (Å²) >= 11 is 8.09. The molecule has 0 saturated heterocycles. The van der Waals surface area contributed by atoms with Crippen molar-refractivity contribution in [2.75, 3.05) is 27.7 Å². The summed E-state index contributed by atoms with van der Waals surface area (Å²) in [7, 11) is 6.19. The minimum atomic E-state index is -0.185. The largest absolute Gasteiger partial charge is 1.00 e. The maximum atomic E-state index is 8.87. The fourth-order valence-electron chi connectivity index (χ4n) is 1.53. The van der Waals surface area contributed by atoms with Gasteiger partial charge < -0.3 is 22.0 Å². The third-order valence-electron chi connectivity index (χ3n) is 1.98. The van der Waals surface area contributed by atoms with Gasteiger partial charge in [-0.1, -0.05) is 17.4 Å². The number of aliphatic hydroxyl groups is 1. The highest BCUT2D eigenvalue weighted by atomic mass is 35.5. The average Bonchev–Trinajstić information content (AvgIpc) is 2.83. The van der Waals surface area contributed by atoms with Crippen molar-refractivity contribution in [1.29, 1.82) is 0 Å². The van der Waals surface area contributed by atoms with Crippen LogP contribution in [-0.4, -0.2) is 53.6 Å². The number of nitrogens with zero attached hydrogens (tertiary/aromatic N) is 2. The van der Waals surface area contributed by atoms with E-state index < -0.39 is 0 Å². The predicted molar refractivity (Wildman–Crippen MR) is 85.2 cm³/mol. The maximum absolute atomic E-state index is 8.87. The molecule has 2 aromatic heterocycles. The van der Waals surface area contributed by atoms with E-state index in [4.69, 9.17) is 17.3 Å². The molecule has 0 aliphatic carbocycles. The number of H-pyrrole nitrogens is 1. The Bertz CT molecular complexity index is 529. The smallest absolute Gasteiger partial charge is 0.176 e. The molecule has 20 heavy (non-hydrogen) atoms. The van der Waals surface area contributed by atoms with E-state index in [1.54, 1.807) is 11.3 Å². The standard InChI is InChI=1S/C6H4N2S3.C6H16NO.ClH/c9-6-8-7-5(11-6)4-2-1-3-10-4;1-6(8)5-7(2,3)4;/h1-3H,(H,8,9);6,8H,5H2,1-4H3;1H/q;+1;/p-1. The second-order valence-electron chi connectivity index (χ2n) is 5.22. The summed E-state index contributed by atoms with van der Waals surface area (Å²) in [5.41, 5.74) is 0. The lowest BCUT2D eigenvalue weighted by Crippen LogP contribution is -3.00. The van der Waals surface area contributed by atoms with Gasteiger partial charge in [-0.05, 0) is 30.6 Å². The summed E-state index contributed by atoms with van der Waals surface area (Å²) in [4.78, 5) is 1.17. The van der Waals surface area contributed by atoms with Crippen LogP contribution in [0.15, 0.2) is 17.5 Å². The zero-order chi connectivity index (χ0) is 14.5. The van der Waals surface area contributed by atoms with Crippen molar-refractivity contribution in [1.82, 2.24) is 10.2 Å². The number of aliphatic hydroxyl groups excluding tert-OH is 1. The number of rotatable bonds is 3. The molecule has 0 aliphatic heterocycles. The van der Waals surface area contributed by atoms with Crippen molar-refractivity contribution >= 4 is 34.9 Å². The van der Waals surface area contributed by atoms with Crippen LogP contribution in [0.2, 0.25) is 0 Å². The topological polar surface area (TPSA) is 48.9 Å². The molecule has 2 rings (SSSR count). The monoisotopic (exact) mass is 353 g/mol. The molecule has 8 heteroatoms. The lowest BCUT2D eigenvalue weighted by atomic mass is 10.3. The first-order valence-electron chi connectivity index (χ1n) is 5.86. The van der Waals surface area contributed by atoms with E-state index in [1.165, 1.54) is 16.2 Å². The number of likely N-dealkylation sites (N-methyl/N-ethyl adjacent to an activating group) is 1. The molecule has 1 atom stereocenters. The predicted octanol–water partition coefficient (Wildman–Crippen LogP) is 0.00659. The van der Waals surface area contributed by atoms with Crippen LogP contribution < -0.4 is 12.4 Å². The molecule has 0 aliphatic rings. The average molecular weight is 354 g/mol. The van der Waals surface area contributed by atoms with Crippen LogP contribution in [0, 0.1) is 3.95 Å². The van der Waals surface area contributed by atoms with Gasteiger partial charge in [-0.2, -0.15) is 5.10 Å². The molecule has 2 aromatic rings. The summed E-state index contributed by atoms with van der Waals surface area (Å²) in [5.74, 6) is 0. The van der Waals surface area contributed by atoms with Gasteiger partial charge in [0.1, 0.15) is 12.6 Å². The summed E-state index contributed by atoms with van der Waals surface area (Å²) in [5, 5.41) is 18.7. The molecule has 4 nitrogen and oxygen atoms in total. The molecule has 0 bridgehead atoms. The fourth-order valence-corrected chi connectivity index (χ4v) is 3.21. The van der Waals surface area contributed by atoms with Crippen LogP contribution in [0.4, 0.5) is 0 Å². The van der Waals surface area contributed by atoms with Crippen molar-refractivity contribution < 1.29 is 22.0 Å². The Hall–Kier alpha value is -0.310. The van der Waals surface area contributed by atoms with E-state index in [0.717, 1.165) is 20.0 Å². The molecule has 0 radical (unpaired) electrons. The van der Waals surface area contributed by atoms with Crippen LogP contribution in [0.1, 0.15) is 6.92 Å². The van der Waals surface area contributed by atoms with Gasteiger partial charge in [-0.15, -0.1) is 11.3 Å². The van der Waals surface area contributed by atoms with E-state index in [0.29, 0.717) is 0 Å². The van der Waals surface area contributed by atoms with Crippen molar-refractivity contribution in [3.05, 3.63) is 21.5 Å². The Morgan fingerprint density at radius 3 is 2.40 bits per heavy atom. The first-order valence-corrected chi connectivity index (χ1v) is 7.96. The second-order valence-corrected chi connectivity index (χ2v) is 7.83. The van der Waals surface area contributed by atoms with Crippen molar-refractivity contribution in [2.45, 2.75) is 13.0 Å². The number of aromatic nitrogens is 2. The lowest BCUT2D eigenvalue weighted by molar-refractivity contribution is -0.873. The van der Waals surface area contributed by atoms with E-state index >= 15 is 0 Å². The third kappa shape index (κ3) is 8.08. The molecule has 2 heterocycles. The van der Waals surface area contributed by atoms with Gasteiger partial charge >= 0.3 is 0 Å². The van der Waals surface area contributed by atoms with Gasteiger partial charge in [-0.25, -0.2) is 0 Å². The number of aromatic amines is 1. The zero-order valence-corrected chi connectivity index (χ0v) is 15.2. The van der Waals surface area contributed by atoms with Crippen LogP contribution in [-0.2, 0) is 0 Å². The van der Waals surface area contributed by atoms with Crippen LogP contribution in [0.3, 0.4) is 0 Å². The highest BCUT2D eigenvalue weighted by Gasteiger charge is 2.09. The van der Waals surface area contributed by atoms with E-state index in [9.17, 15) is 0 Å². The second kappa shape index (κ2) is 8.86. The maximum Gasteiger partial charge on any atom is 0.176 e. The van der Waals surface area contributed by atoms with Gasteiger partial charge in [-0.3, -0.25) is 5.10 Å². The molecular weight excluding hydrogens is 334 g/mol. The molecular formula is C12H20ClN3OS3. The Kier molecular flexibility index (Phi) is 8.72. The Balaban J connectivity index is 0.000000364. The highest BCUT2D eigenvalue weighted by molar-refractivity contribution is 7.73. The van der Waals surface area contributed by atoms with Gasteiger partial charge in [0.2, 0.25) is 0 Å². The van der Waals surface area contributed by atoms with Crippen LogP contribution >= 0.6 is 34.9 Å². The fraction of sp³-hybridized carbons (Fsp3) is 0.500. The number of halogens is 1. The molecule has 2 N–H and O–H groups in total. The summed E-state index contributed by atoms with van der Waals surface area (Å²) in [6.45, 7) is 2.63. The zero-order valence-electron chi connectivity index (χ0n) is 12.0. The lowest BCUT2D eigenvalue weighted by Gasteiger charge is -2.24. The van der Waals surface area contributed by atoms with Gasteiger partial charge in [0.25, 0.3) is 0 Å². The number of hydrogen-bond donors (Lipinski definition) is 2. The summed E-state index contributed by atoms with van der Waals surface area (Å²) in [6, 6.07) is 4.04. The molecule has 114 valence electrons. The number of hydrogen-bond acceptors (Lipinski definition) is 5. The number of thiophene rings is 1. The van der Waals surface area contributed by atoms with Gasteiger partial charge in [0.05, 0.1) is 26.0 Å². The van der Waals surface area contributed by atoms with Crippen molar-refractivity contribution in [3.63, 3.8) is 0 Å². The SMILES string of the molecule is CC(O)C[N+](C)(C)C.S=c1[nH]nc(-c2cccs2)s1.[Cl-]. The van der Waals surface area contributed by atoms with Crippen LogP contribution in [0.5, 0.6) is 0 Å². The molecule has 1 unspecified atom stereocenters. The van der Waals surface area contributed by atoms with Crippen molar-refractivity contribution in [2.24, 2.45) is 0 Å². The molecule has 0 amide bonds. The molecule has 0 saturated carbocycles. The first kappa shape index (κ1) is 19.7. The minimum Gasteiger partial charge on any atom is -1.00 e. The quantitative estimate of drug-likeness (QED) is 0.603. The Labute approximate surface area is 139 Å².